The molecule has 0 aromatic carbocycles. The van der Waals surface area contributed by atoms with Gasteiger partial charge in [0, 0.05) is 49.6 Å². The molecule has 1 saturated heterocycles. The van der Waals surface area contributed by atoms with Gasteiger partial charge >= 0.3 is 0 Å². The van der Waals surface area contributed by atoms with Gasteiger partial charge in [0.25, 0.3) is 0 Å². The van der Waals surface area contributed by atoms with Crippen molar-refractivity contribution < 1.29 is 0 Å². The second-order valence-electron chi connectivity index (χ2n) is 3.80. The molecule has 2 rings (SSSR count). The highest BCUT2D eigenvalue weighted by molar-refractivity contribution is 7.99. The van der Waals surface area contributed by atoms with Crippen molar-refractivity contribution in [2.24, 2.45) is 5.73 Å². The molecule has 4 heteroatoms. The van der Waals surface area contributed by atoms with E-state index >= 15 is 0 Å². The van der Waals surface area contributed by atoms with E-state index in [4.69, 9.17) is 5.73 Å². The molecule has 3 nitrogen and oxygen atoms in total. The normalized spacial score (nSPS) is 22.9. The first-order chi connectivity index (χ1) is 7.40. The Hall–Kier alpha value is -0.580. The fourth-order valence-corrected chi connectivity index (χ4v) is 2.99. The van der Waals surface area contributed by atoms with E-state index in [1.807, 2.05) is 30.2 Å². The maximum absolute atomic E-state index is 5.78. The molecule has 1 atom stereocenters. The van der Waals surface area contributed by atoms with Gasteiger partial charge in [0.2, 0.25) is 0 Å². The molecule has 15 heavy (non-hydrogen) atoms. The summed E-state index contributed by atoms with van der Waals surface area (Å²) < 4.78 is 0. The van der Waals surface area contributed by atoms with Gasteiger partial charge in [0.05, 0.1) is 0 Å². The lowest BCUT2D eigenvalue weighted by Gasteiger charge is -2.34. The molecule has 1 unspecified atom stereocenters. The third-order valence-corrected chi connectivity index (χ3v) is 3.82. The zero-order valence-electron chi connectivity index (χ0n) is 8.80. The molecule has 0 radical (unpaired) electrons. The number of nitrogens with zero attached hydrogens (tertiary/aromatic N) is 2. The van der Waals surface area contributed by atoms with Crippen LogP contribution in [0.5, 0.6) is 0 Å². The summed E-state index contributed by atoms with van der Waals surface area (Å²) in [5, 5.41) is 0. The van der Waals surface area contributed by atoms with Crippen LogP contribution >= 0.6 is 11.8 Å². The number of rotatable bonds is 3. The smallest absolute Gasteiger partial charge is 0.0312 e. The number of nitrogens with two attached hydrogens (primary N) is 1. The van der Waals surface area contributed by atoms with E-state index in [9.17, 15) is 0 Å². The Morgan fingerprint density at radius 2 is 2.53 bits per heavy atom. The molecular weight excluding hydrogens is 206 g/mol. The molecule has 1 aliphatic heterocycles. The Morgan fingerprint density at radius 1 is 1.60 bits per heavy atom. The molecule has 2 heterocycles. The van der Waals surface area contributed by atoms with Crippen molar-refractivity contribution in [1.29, 1.82) is 0 Å². The summed E-state index contributed by atoms with van der Waals surface area (Å²) in [5.74, 6) is 2.38. The lowest BCUT2D eigenvalue weighted by atomic mass is 10.2. The van der Waals surface area contributed by atoms with E-state index in [0.29, 0.717) is 6.04 Å². The minimum atomic E-state index is 0.531. The van der Waals surface area contributed by atoms with Gasteiger partial charge in [0.1, 0.15) is 0 Å². The van der Waals surface area contributed by atoms with Crippen molar-refractivity contribution in [3.8, 4) is 0 Å². The Balaban J connectivity index is 1.97. The molecule has 1 aromatic rings. The van der Waals surface area contributed by atoms with Crippen LogP contribution in [0.2, 0.25) is 0 Å². The molecule has 1 aromatic heterocycles. The topological polar surface area (TPSA) is 42.1 Å². The van der Waals surface area contributed by atoms with E-state index in [1.165, 1.54) is 11.3 Å². The van der Waals surface area contributed by atoms with Gasteiger partial charge in [-0.2, -0.15) is 11.8 Å². The molecular formula is C11H17N3S. The maximum atomic E-state index is 5.78. The van der Waals surface area contributed by atoms with Gasteiger partial charge in [-0.25, -0.2) is 0 Å². The van der Waals surface area contributed by atoms with Crippen LogP contribution in [0.4, 0.5) is 0 Å². The van der Waals surface area contributed by atoms with E-state index < -0.39 is 0 Å². The van der Waals surface area contributed by atoms with Crippen molar-refractivity contribution in [1.82, 2.24) is 9.88 Å². The zero-order chi connectivity index (χ0) is 10.5. The van der Waals surface area contributed by atoms with Crippen LogP contribution < -0.4 is 5.73 Å². The number of pyridine rings is 1. The maximum Gasteiger partial charge on any atom is 0.0312 e. The molecule has 0 aliphatic carbocycles. The van der Waals surface area contributed by atoms with Crippen molar-refractivity contribution in [2.75, 3.05) is 24.6 Å². The predicted molar refractivity (Wildman–Crippen MR) is 64.8 cm³/mol. The fraction of sp³-hybridized carbons (Fsp3) is 0.545. The lowest BCUT2D eigenvalue weighted by Crippen LogP contribution is -2.46. The Bertz CT molecular complexity index is 291. The third kappa shape index (κ3) is 2.93. The minimum Gasteiger partial charge on any atom is -0.329 e. The molecule has 0 saturated carbocycles. The van der Waals surface area contributed by atoms with Gasteiger partial charge in [-0.3, -0.25) is 9.88 Å². The number of hydrogen-bond donors (Lipinski definition) is 1. The van der Waals surface area contributed by atoms with Crippen LogP contribution in [0, 0.1) is 0 Å². The van der Waals surface area contributed by atoms with E-state index in [0.717, 1.165) is 25.4 Å². The average Bonchev–Trinajstić information content (AvgIpc) is 2.31. The van der Waals surface area contributed by atoms with E-state index in [-0.39, 0.29) is 0 Å². The van der Waals surface area contributed by atoms with Crippen molar-refractivity contribution in [3.63, 3.8) is 0 Å². The largest absolute Gasteiger partial charge is 0.329 e. The van der Waals surface area contributed by atoms with Gasteiger partial charge in [-0.15, -0.1) is 0 Å². The fourth-order valence-electron chi connectivity index (χ4n) is 1.84. The molecule has 0 bridgehead atoms. The van der Waals surface area contributed by atoms with Gasteiger partial charge in [-0.1, -0.05) is 6.07 Å². The summed E-state index contributed by atoms with van der Waals surface area (Å²) in [6.07, 6.45) is 3.76. The summed E-state index contributed by atoms with van der Waals surface area (Å²) in [5.41, 5.74) is 7.06. The first-order valence-corrected chi connectivity index (χ1v) is 6.46. The summed E-state index contributed by atoms with van der Waals surface area (Å²) in [6.45, 7) is 2.88. The Kier molecular flexibility index (Phi) is 4.00. The van der Waals surface area contributed by atoms with Gasteiger partial charge < -0.3 is 5.73 Å². The number of aromatic nitrogens is 1. The highest BCUT2D eigenvalue weighted by atomic mass is 32.2. The third-order valence-electron chi connectivity index (χ3n) is 2.73. The van der Waals surface area contributed by atoms with E-state index in [2.05, 4.69) is 16.0 Å². The van der Waals surface area contributed by atoms with Gasteiger partial charge in [0.15, 0.2) is 0 Å². The molecule has 0 amide bonds. The van der Waals surface area contributed by atoms with Crippen LogP contribution in [-0.2, 0) is 6.54 Å². The van der Waals surface area contributed by atoms with Crippen molar-refractivity contribution in [2.45, 2.75) is 12.6 Å². The Labute approximate surface area is 95.1 Å². The van der Waals surface area contributed by atoms with Gasteiger partial charge in [-0.05, 0) is 11.6 Å². The van der Waals surface area contributed by atoms with Crippen molar-refractivity contribution in [3.05, 3.63) is 30.1 Å². The summed E-state index contributed by atoms with van der Waals surface area (Å²) in [7, 11) is 0. The zero-order valence-corrected chi connectivity index (χ0v) is 9.62. The molecule has 82 valence electrons. The molecule has 0 spiro atoms. The van der Waals surface area contributed by atoms with Crippen LogP contribution in [0.3, 0.4) is 0 Å². The van der Waals surface area contributed by atoms with Crippen LogP contribution in [0.25, 0.3) is 0 Å². The van der Waals surface area contributed by atoms with Crippen molar-refractivity contribution >= 4 is 11.8 Å². The second kappa shape index (κ2) is 5.49. The lowest BCUT2D eigenvalue weighted by molar-refractivity contribution is 0.214. The first kappa shape index (κ1) is 10.9. The molecule has 2 N–H and O–H groups in total. The molecule has 1 aliphatic rings. The highest BCUT2D eigenvalue weighted by Crippen LogP contribution is 2.17. The first-order valence-electron chi connectivity index (χ1n) is 5.31. The summed E-state index contributed by atoms with van der Waals surface area (Å²) in [4.78, 5) is 6.60. The Morgan fingerprint density at radius 3 is 3.27 bits per heavy atom. The van der Waals surface area contributed by atoms with Crippen LogP contribution in [-0.4, -0.2) is 40.5 Å². The summed E-state index contributed by atoms with van der Waals surface area (Å²) in [6, 6.07) is 4.65. The highest BCUT2D eigenvalue weighted by Gasteiger charge is 2.21. The SMILES string of the molecule is NCC1CSCCN1Cc1cccnc1. The van der Waals surface area contributed by atoms with Crippen LogP contribution in [0.1, 0.15) is 5.56 Å². The van der Waals surface area contributed by atoms with E-state index in [1.54, 1.807) is 0 Å². The number of thioether (sulfide) groups is 1. The number of hydrogen-bond acceptors (Lipinski definition) is 4. The molecule has 1 fully saturated rings. The summed E-state index contributed by atoms with van der Waals surface area (Å²) >= 11 is 2.00. The predicted octanol–water partition coefficient (Wildman–Crippen LogP) is 0.958. The second-order valence-corrected chi connectivity index (χ2v) is 4.95. The minimum absolute atomic E-state index is 0.531. The quantitative estimate of drug-likeness (QED) is 0.829. The van der Waals surface area contributed by atoms with Crippen LogP contribution in [0.15, 0.2) is 24.5 Å². The monoisotopic (exact) mass is 223 g/mol. The standard InChI is InChI=1S/C11H17N3S/c12-6-11-9-15-5-4-14(11)8-10-2-1-3-13-7-10/h1-3,7,11H,4-6,8-9,12H2. The average molecular weight is 223 g/mol.